The van der Waals surface area contributed by atoms with Crippen molar-refractivity contribution in [2.45, 2.75) is 13.1 Å². The number of aromatic nitrogens is 3. The van der Waals surface area contributed by atoms with Gasteiger partial charge in [-0.2, -0.15) is 4.98 Å². The SMILES string of the molecule is CN(C)c1noc(CNC(=O)NCc2ccncc2)n1. The van der Waals surface area contributed by atoms with Crippen molar-refractivity contribution < 1.29 is 9.32 Å². The van der Waals surface area contributed by atoms with Gasteiger partial charge in [0.05, 0.1) is 6.54 Å². The highest BCUT2D eigenvalue weighted by Crippen LogP contribution is 2.04. The second-order valence-electron chi connectivity index (χ2n) is 4.27. The molecule has 20 heavy (non-hydrogen) atoms. The summed E-state index contributed by atoms with van der Waals surface area (Å²) in [6.45, 7) is 0.615. The second kappa shape index (κ2) is 6.50. The molecule has 0 radical (unpaired) electrons. The van der Waals surface area contributed by atoms with E-state index in [1.807, 2.05) is 26.2 Å². The highest BCUT2D eigenvalue weighted by Gasteiger charge is 2.08. The van der Waals surface area contributed by atoms with E-state index in [1.54, 1.807) is 17.3 Å². The van der Waals surface area contributed by atoms with Crippen molar-refractivity contribution in [2.75, 3.05) is 19.0 Å². The molecule has 8 heteroatoms. The number of carbonyl (C=O) groups is 1. The minimum absolute atomic E-state index is 0.184. The normalized spacial score (nSPS) is 10.1. The summed E-state index contributed by atoms with van der Waals surface area (Å²) in [6.07, 6.45) is 3.35. The van der Waals surface area contributed by atoms with Crippen LogP contribution in [0.3, 0.4) is 0 Å². The van der Waals surface area contributed by atoms with Crippen LogP contribution in [0.2, 0.25) is 0 Å². The van der Waals surface area contributed by atoms with Crippen LogP contribution in [-0.2, 0) is 13.1 Å². The third-order valence-corrected chi connectivity index (χ3v) is 2.46. The van der Waals surface area contributed by atoms with E-state index >= 15 is 0 Å². The van der Waals surface area contributed by atoms with Crippen LogP contribution in [0.4, 0.5) is 10.7 Å². The Bertz CT molecular complexity index is 554. The molecular weight excluding hydrogens is 260 g/mol. The first kappa shape index (κ1) is 13.8. The van der Waals surface area contributed by atoms with Crippen molar-refractivity contribution in [1.82, 2.24) is 25.8 Å². The first-order valence-electron chi connectivity index (χ1n) is 6.05. The number of anilines is 1. The molecule has 2 aromatic heterocycles. The van der Waals surface area contributed by atoms with Gasteiger partial charge in [0.1, 0.15) is 0 Å². The molecule has 0 aromatic carbocycles. The highest BCUT2D eigenvalue weighted by atomic mass is 16.5. The van der Waals surface area contributed by atoms with Gasteiger partial charge in [-0.25, -0.2) is 4.79 Å². The van der Waals surface area contributed by atoms with Gasteiger partial charge >= 0.3 is 6.03 Å². The van der Waals surface area contributed by atoms with Crippen LogP contribution in [0, 0.1) is 0 Å². The molecule has 0 aliphatic carbocycles. The summed E-state index contributed by atoms with van der Waals surface area (Å²) in [5.74, 6) is 0.826. The zero-order valence-electron chi connectivity index (χ0n) is 11.3. The lowest BCUT2D eigenvalue weighted by Gasteiger charge is -2.05. The molecule has 2 rings (SSSR count). The average Bonchev–Trinajstić information content (AvgIpc) is 2.93. The number of nitrogens with one attached hydrogen (secondary N) is 2. The molecule has 0 spiro atoms. The molecule has 8 nitrogen and oxygen atoms in total. The van der Waals surface area contributed by atoms with Crippen LogP contribution in [0.25, 0.3) is 0 Å². The van der Waals surface area contributed by atoms with Crippen molar-refractivity contribution in [3.63, 3.8) is 0 Å². The fraction of sp³-hybridized carbons (Fsp3) is 0.333. The molecule has 2 N–H and O–H groups in total. The standard InChI is InChI=1S/C12H16N6O2/c1-18(2)11-16-10(20-17-11)8-15-12(19)14-7-9-3-5-13-6-4-9/h3-6H,7-8H2,1-2H3,(H2,14,15,19). The van der Waals surface area contributed by atoms with Gasteiger partial charge in [0, 0.05) is 33.0 Å². The fourth-order valence-corrected chi connectivity index (χ4v) is 1.40. The van der Waals surface area contributed by atoms with E-state index in [1.165, 1.54) is 0 Å². The summed E-state index contributed by atoms with van der Waals surface area (Å²) in [4.78, 5) is 21.3. The summed E-state index contributed by atoms with van der Waals surface area (Å²) >= 11 is 0. The summed E-state index contributed by atoms with van der Waals surface area (Å²) in [6, 6.07) is 3.37. The molecule has 0 atom stereocenters. The number of rotatable bonds is 5. The molecule has 0 aliphatic rings. The Balaban J connectivity index is 1.74. The van der Waals surface area contributed by atoms with Gasteiger partial charge in [-0.3, -0.25) is 4.98 Å². The smallest absolute Gasteiger partial charge is 0.315 e. The van der Waals surface area contributed by atoms with Gasteiger partial charge in [0.15, 0.2) is 0 Å². The molecule has 0 unspecified atom stereocenters. The van der Waals surface area contributed by atoms with E-state index in [0.29, 0.717) is 18.4 Å². The van der Waals surface area contributed by atoms with Crippen molar-refractivity contribution >= 4 is 12.0 Å². The lowest BCUT2D eigenvalue weighted by Crippen LogP contribution is -2.34. The van der Waals surface area contributed by atoms with E-state index in [2.05, 4.69) is 25.8 Å². The molecule has 0 fully saturated rings. The molecule has 2 aromatic rings. The van der Waals surface area contributed by atoms with Crippen LogP contribution >= 0.6 is 0 Å². The molecular formula is C12H16N6O2. The predicted molar refractivity (Wildman–Crippen MR) is 71.9 cm³/mol. The summed E-state index contributed by atoms with van der Waals surface area (Å²) in [5.41, 5.74) is 0.975. The predicted octanol–water partition coefficient (Wildman–Crippen LogP) is 0.530. The third kappa shape index (κ3) is 3.94. The Labute approximate surface area is 116 Å². The Morgan fingerprint density at radius 3 is 2.60 bits per heavy atom. The number of pyridine rings is 1. The number of carbonyl (C=O) groups excluding carboxylic acids is 1. The Morgan fingerprint density at radius 1 is 1.25 bits per heavy atom. The maximum absolute atomic E-state index is 11.6. The van der Waals surface area contributed by atoms with Gasteiger partial charge < -0.3 is 20.1 Å². The average molecular weight is 276 g/mol. The van der Waals surface area contributed by atoms with E-state index in [-0.39, 0.29) is 12.6 Å². The maximum Gasteiger partial charge on any atom is 0.315 e. The zero-order valence-corrected chi connectivity index (χ0v) is 11.3. The fourth-order valence-electron chi connectivity index (χ4n) is 1.40. The molecule has 2 heterocycles. The molecule has 106 valence electrons. The van der Waals surface area contributed by atoms with Crippen molar-refractivity contribution in [1.29, 1.82) is 0 Å². The van der Waals surface area contributed by atoms with Gasteiger partial charge in [-0.05, 0) is 22.9 Å². The third-order valence-electron chi connectivity index (χ3n) is 2.46. The lowest BCUT2D eigenvalue weighted by atomic mass is 10.3. The summed E-state index contributed by atoms with van der Waals surface area (Å²) in [5, 5.41) is 9.11. The van der Waals surface area contributed by atoms with Crippen molar-refractivity contribution in [3.05, 3.63) is 36.0 Å². The maximum atomic E-state index is 11.6. The van der Waals surface area contributed by atoms with Crippen LogP contribution in [0.1, 0.15) is 11.5 Å². The molecule has 0 saturated carbocycles. The van der Waals surface area contributed by atoms with E-state index in [4.69, 9.17) is 4.52 Å². The zero-order chi connectivity index (χ0) is 14.4. The van der Waals surface area contributed by atoms with E-state index in [9.17, 15) is 4.79 Å². The number of nitrogens with zero attached hydrogens (tertiary/aromatic N) is 4. The van der Waals surface area contributed by atoms with Crippen LogP contribution in [0.5, 0.6) is 0 Å². The minimum atomic E-state index is -0.300. The Hall–Kier alpha value is -2.64. The second-order valence-corrected chi connectivity index (χ2v) is 4.27. The number of amides is 2. The highest BCUT2D eigenvalue weighted by molar-refractivity contribution is 5.73. The van der Waals surface area contributed by atoms with Gasteiger partial charge in [-0.15, -0.1) is 0 Å². The first-order chi connectivity index (χ1) is 9.65. The largest absolute Gasteiger partial charge is 0.344 e. The summed E-state index contributed by atoms with van der Waals surface area (Å²) < 4.78 is 4.99. The quantitative estimate of drug-likeness (QED) is 0.827. The van der Waals surface area contributed by atoms with Gasteiger partial charge in [-0.1, -0.05) is 0 Å². The van der Waals surface area contributed by atoms with Crippen molar-refractivity contribution in [3.8, 4) is 0 Å². The monoisotopic (exact) mass is 276 g/mol. The van der Waals surface area contributed by atoms with Crippen LogP contribution < -0.4 is 15.5 Å². The minimum Gasteiger partial charge on any atom is -0.344 e. The van der Waals surface area contributed by atoms with Crippen molar-refractivity contribution in [2.24, 2.45) is 0 Å². The van der Waals surface area contributed by atoms with Gasteiger partial charge in [0.25, 0.3) is 5.95 Å². The number of urea groups is 1. The lowest BCUT2D eigenvalue weighted by molar-refractivity contribution is 0.238. The van der Waals surface area contributed by atoms with E-state index in [0.717, 1.165) is 5.56 Å². The van der Waals surface area contributed by atoms with Crippen LogP contribution in [-0.4, -0.2) is 35.3 Å². The van der Waals surface area contributed by atoms with Gasteiger partial charge in [0.2, 0.25) is 5.89 Å². The Morgan fingerprint density at radius 2 is 1.95 bits per heavy atom. The van der Waals surface area contributed by atoms with E-state index < -0.39 is 0 Å². The Kier molecular flexibility index (Phi) is 4.48. The molecule has 0 bridgehead atoms. The topological polar surface area (TPSA) is 96.2 Å². The molecule has 0 aliphatic heterocycles. The first-order valence-corrected chi connectivity index (χ1v) is 6.05. The molecule has 2 amide bonds. The number of hydrogen-bond acceptors (Lipinski definition) is 6. The number of hydrogen-bond donors (Lipinski definition) is 2. The molecule has 0 saturated heterocycles. The van der Waals surface area contributed by atoms with Crippen LogP contribution in [0.15, 0.2) is 29.0 Å². The summed E-state index contributed by atoms with van der Waals surface area (Å²) in [7, 11) is 3.62.